The van der Waals surface area contributed by atoms with E-state index in [4.69, 9.17) is 5.73 Å². The fourth-order valence-corrected chi connectivity index (χ4v) is 2.05. The summed E-state index contributed by atoms with van der Waals surface area (Å²) in [7, 11) is 0. The van der Waals surface area contributed by atoms with E-state index in [-0.39, 0.29) is 0 Å². The Morgan fingerprint density at radius 1 is 1.12 bits per heavy atom. The summed E-state index contributed by atoms with van der Waals surface area (Å²) in [4.78, 5) is 4.10. The van der Waals surface area contributed by atoms with Gasteiger partial charge in [0.25, 0.3) is 0 Å². The number of hydrogen-bond donors (Lipinski definition) is 1. The minimum Gasteiger partial charge on any atom is -0.397 e. The van der Waals surface area contributed by atoms with E-state index >= 15 is 0 Å². The van der Waals surface area contributed by atoms with E-state index in [1.807, 2.05) is 0 Å². The maximum absolute atomic E-state index is 12.9. The van der Waals surface area contributed by atoms with E-state index in [1.165, 1.54) is 17.8 Å². The van der Waals surface area contributed by atoms with E-state index < -0.39 is 11.6 Å². The van der Waals surface area contributed by atoms with Gasteiger partial charge in [-0.25, -0.2) is 13.8 Å². The first-order chi connectivity index (χ1) is 8.15. The number of rotatable bonds is 3. The minimum absolute atomic E-state index is 0.536. The van der Waals surface area contributed by atoms with Crippen LogP contribution >= 0.6 is 11.8 Å². The molecule has 0 aliphatic rings. The maximum atomic E-state index is 12.9. The fraction of sp³-hybridized carbons (Fsp3) is 0.0833. The number of nitrogens with zero attached hydrogens (tertiary/aromatic N) is 1. The number of benzene rings is 1. The molecule has 5 heteroatoms. The van der Waals surface area contributed by atoms with Crippen molar-refractivity contribution >= 4 is 17.4 Å². The van der Waals surface area contributed by atoms with Crippen LogP contribution < -0.4 is 5.73 Å². The second kappa shape index (κ2) is 5.14. The van der Waals surface area contributed by atoms with Crippen LogP contribution in [0.15, 0.2) is 41.6 Å². The van der Waals surface area contributed by atoms with E-state index in [2.05, 4.69) is 4.98 Å². The molecule has 0 unspecified atom stereocenters. The Bertz CT molecular complexity index is 514. The molecule has 0 spiro atoms. The number of pyridine rings is 1. The first-order valence-electron chi connectivity index (χ1n) is 4.93. The average Bonchev–Trinajstić information content (AvgIpc) is 2.33. The van der Waals surface area contributed by atoms with Gasteiger partial charge in [0.05, 0.1) is 16.9 Å². The van der Waals surface area contributed by atoms with Crippen LogP contribution in [-0.2, 0) is 5.75 Å². The first-order valence-corrected chi connectivity index (χ1v) is 5.92. The Morgan fingerprint density at radius 2 is 1.94 bits per heavy atom. The van der Waals surface area contributed by atoms with Crippen LogP contribution in [0.4, 0.5) is 14.5 Å². The predicted molar refractivity (Wildman–Crippen MR) is 64.6 cm³/mol. The Morgan fingerprint density at radius 3 is 2.59 bits per heavy atom. The van der Waals surface area contributed by atoms with E-state index in [1.54, 1.807) is 24.4 Å². The van der Waals surface area contributed by atoms with Gasteiger partial charge < -0.3 is 5.73 Å². The SMILES string of the molecule is Nc1ccc(SCc2ccc(F)c(F)c2)nc1. The Labute approximate surface area is 102 Å². The van der Waals surface area contributed by atoms with Crippen molar-refractivity contribution in [2.45, 2.75) is 10.8 Å². The summed E-state index contributed by atoms with van der Waals surface area (Å²) >= 11 is 1.44. The molecule has 2 aromatic rings. The van der Waals surface area contributed by atoms with Crippen LogP contribution in [0.25, 0.3) is 0 Å². The van der Waals surface area contributed by atoms with Gasteiger partial charge in [0, 0.05) is 5.75 Å². The zero-order chi connectivity index (χ0) is 12.3. The molecule has 0 aliphatic carbocycles. The van der Waals surface area contributed by atoms with Crippen LogP contribution in [-0.4, -0.2) is 4.98 Å². The smallest absolute Gasteiger partial charge is 0.159 e. The molecule has 2 nitrogen and oxygen atoms in total. The van der Waals surface area contributed by atoms with Crippen molar-refractivity contribution in [1.29, 1.82) is 0 Å². The molecule has 2 N–H and O–H groups in total. The lowest BCUT2D eigenvalue weighted by molar-refractivity contribution is 0.507. The van der Waals surface area contributed by atoms with Gasteiger partial charge in [-0.15, -0.1) is 11.8 Å². The lowest BCUT2D eigenvalue weighted by atomic mass is 10.2. The maximum Gasteiger partial charge on any atom is 0.159 e. The molecule has 0 amide bonds. The number of nitrogen functional groups attached to an aromatic ring is 1. The summed E-state index contributed by atoms with van der Waals surface area (Å²) in [5.74, 6) is -1.12. The minimum atomic E-state index is -0.829. The fourth-order valence-electron chi connectivity index (χ4n) is 1.26. The second-order valence-electron chi connectivity index (χ2n) is 3.47. The van der Waals surface area contributed by atoms with Crippen molar-refractivity contribution in [2.24, 2.45) is 0 Å². The molecular formula is C12H10F2N2S. The van der Waals surface area contributed by atoms with Crippen molar-refractivity contribution in [3.8, 4) is 0 Å². The van der Waals surface area contributed by atoms with E-state index in [9.17, 15) is 8.78 Å². The molecular weight excluding hydrogens is 242 g/mol. The molecule has 0 saturated carbocycles. The van der Waals surface area contributed by atoms with Gasteiger partial charge in [-0.05, 0) is 29.8 Å². The van der Waals surface area contributed by atoms with Crippen LogP contribution in [0.5, 0.6) is 0 Å². The van der Waals surface area contributed by atoms with Crippen molar-refractivity contribution in [3.63, 3.8) is 0 Å². The Hall–Kier alpha value is -1.62. The summed E-state index contributed by atoms with van der Waals surface area (Å²) < 4.78 is 25.6. The third-order valence-electron chi connectivity index (χ3n) is 2.13. The van der Waals surface area contributed by atoms with Crippen LogP contribution in [0, 0.1) is 11.6 Å². The topological polar surface area (TPSA) is 38.9 Å². The standard InChI is InChI=1S/C12H10F2N2S/c13-10-3-1-8(5-11(10)14)7-17-12-4-2-9(15)6-16-12/h1-6H,7,15H2. The van der Waals surface area contributed by atoms with Crippen LogP contribution in [0.2, 0.25) is 0 Å². The monoisotopic (exact) mass is 252 g/mol. The third kappa shape index (κ3) is 3.17. The van der Waals surface area contributed by atoms with Gasteiger partial charge in [0.2, 0.25) is 0 Å². The Kier molecular flexibility index (Phi) is 3.58. The van der Waals surface area contributed by atoms with Crippen LogP contribution in [0.3, 0.4) is 0 Å². The van der Waals surface area contributed by atoms with Gasteiger partial charge in [0.15, 0.2) is 11.6 Å². The van der Waals surface area contributed by atoms with Gasteiger partial charge in [-0.1, -0.05) is 6.07 Å². The van der Waals surface area contributed by atoms with Gasteiger partial charge in [-0.3, -0.25) is 0 Å². The lowest BCUT2D eigenvalue weighted by Gasteiger charge is -2.02. The largest absolute Gasteiger partial charge is 0.397 e. The number of anilines is 1. The average molecular weight is 252 g/mol. The van der Waals surface area contributed by atoms with Crippen LogP contribution in [0.1, 0.15) is 5.56 Å². The third-order valence-corrected chi connectivity index (χ3v) is 3.14. The molecule has 17 heavy (non-hydrogen) atoms. The quantitative estimate of drug-likeness (QED) is 0.852. The number of thioether (sulfide) groups is 1. The highest BCUT2D eigenvalue weighted by molar-refractivity contribution is 7.98. The van der Waals surface area contributed by atoms with Gasteiger partial charge in [-0.2, -0.15) is 0 Å². The Balaban J connectivity index is 2.02. The van der Waals surface area contributed by atoms with E-state index in [0.29, 0.717) is 17.0 Å². The highest BCUT2D eigenvalue weighted by atomic mass is 32.2. The zero-order valence-electron chi connectivity index (χ0n) is 8.86. The summed E-state index contributed by atoms with van der Waals surface area (Å²) in [6.45, 7) is 0. The number of hydrogen-bond acceptors (Lipinski definition) is 3. The molecule has 1 aromatic carbocycles. The van der Waals surface area contributed by atoms with Crippen molar-refractivity contribution < 1.29 is 8.78 Å². The highest BCUT2D eigenvalue weighted by Crippen LogP contribution is 2.22. The van der Waals surface area contributed by atoms with Crippen molar-refractivity contribution in [3.05, 3.63) is 53.7 Å². The molecule has 1 aromatic heterocycles. The molecule has 1 heterocycles. The molecule has 2 rings (SSSR count). The summed E-state index contributed by atoms with van der Waals surface area (Å²) in [6.07, 6.45) is 1.56. The number of aromatic nitrogens is 1. The zero-order valence-corrected chi connectivity index (χ0v) is 9.68. The molecule has 0 fully saturated rings. The molecule has 88 valence electrons. The first kappa shape index (κ1) is 11.9. The summed E-state index contributed by atoms with van der Waals surface area (Å²) in [5, 5.41) is 0.795. The highest BCUT2D eigenvalue weighted by Gasteiger charge is 2.03. The number of halogens is 2. The van der Waals surface area contributed by atoms with Crippen molar-refractivity contribution in [1.82, 2.24) is 4.98 Å². The predicted octanol–water partition coefficient (Wildman–Crippen LogP) is 3.23. The summed E-state index contributed by atoms with van der Waals surface area (Å²) in [5.41, 5.74) is 6.82. The normalized spacial score (nSPS) is 10.5. The van der Waals surface area contributed by atoms with Gasteiger partial charge in [0.1, 0.15) is 0 Å². The second-order valence-corrected chi connectivity index (χ2v) is 4.46. The lowest BCUT2D eigenvalue weighted by Crippen LogP contribution is -1.89. The van der Waals surface area contributed by atoms with Crippen molar-refractivity contribution in [2.75, 3.05) is 5.73 Å². The molecule has 0 radical (unpaired) electrons. The summed E-state index contributed by atoms with van der Waals surface area (Å²) in [6, 6.07) is 7.42. The number of nitrogens with two attached hydrogens (primary N) is 1. The molecule has 0 atom stereocenters. The van der Waals surface area contributed by atoms with E-state index in [0.717, 1.165) is 11.1 Å². The molecule has 0 saturated heterocycles. The molecule has 0 aliphatic heterocycles. The molecule has 0 bridgehead atoms. The van der Waals surface area contributed by atoms with Gasteiger partial charge >= 0.3 is 0 Å².